The Balaban J connectivity index is 1.56. The molecule has 0 aromatic heterocycles. The highest BCUT2D eigenvalue weighted by atomic mass is 32.2. The summed E-state index contributed by atoms with van der Waals surface area (Å²) in [5.74, 6) is 0.810. The standard InChI is InChI=1S/C17H24N2O3S/c1-16(2)12-13-11-14(3-4-15(13)22-16)23(20,21)19-9-6-17(7-10-19)5-8-18-17/h3-4,11,18H,5-10,12H2,1-2H3. The molecular formula is C17H24N2O3S. The minimum Gasteiger partial charge on any atom is -0.487 e. The van der Waals surface area contributed by atoms with Crippen LogP contribution in [0.3, 0.4) is 0 Å². The summed E-state index contributed by atoms with van der Waals surface area (Å²) in [7, 11) is -3.41. The van der Waals surface area contributed by atoms with Gasteiger partial charge in [-0.25, -0.2) is 8.42 Å². The Labute approximate surface area is 138 Å². The molecule has 3 aliphatic heterocycles. The first kappa shape index (κ1) is 15.4. The van der Waals surface area contributed by atoms with Gasteiger partial charge in [0, 0.05) is 25.0 Å². The summed E-state index contributed by atoms with van der Waals surface area (Å²) in [6.07, 6.45) is 3.74. The number of rotatable bonds is 2. The monoisotopic (exact) mass is 336 g/mol. The van der Waals surface area contributed by atoms with Crippen LogP contribution in [-0.4, -0.2) is 43.5 Å². The molecule has 0 amide bonds. The van der Waals surface area contributed by atoms with E-state index in [4.69, 9.17) is 4.74 Å². The third-order valence-electron chi connectivity index (χ3n) is 5.46. The van der Waals surface area contributed by atoms with Crippen molar-refractivity contribution in [3.05, 3.63) is 23.8 Å². The Morgan fingerprint density at radius 1 is 1.17 bits per heavy atom. The second-order valence-corrected chi connectivity index (χ2v) is 9.61. The molecule has 1 aromatic carbocycles. The molecule has 1 aromatic rings. The number of nitrogens with one attached hydrogen (secondary N) is 1. The van der Waals surface area contributed by atoms with Gasteiger partial charge in [0.15, 0.2) is 0 Å². The summed E-state index contributed by atoms with van der Waals surface area (Å²) in [5, 5.41) is 3.48. The number of fused-ring (bicyclic) bond motifs is 1. The fourth-order valence-corrected chi connectivity index (χ4v) is 5.45. The summed E-state index contributed by atoms with van der Waals surface area (Å²) < 4.78 is 33.3. The van der Waals surface area contributed by atoms with E-state index in [9.17, 15) is 8.42 Å². The maximum absolute atomic E-state index is 12.9. The van der Waals surface area contributed by atoms with Gasteiger partial charge in [-0.3, -0.25) is 0 Å². The highest BCUT2D eigenvalue weighted by Gasteiger charge is 2.42. The van der Waals surface area contributed by atoms with Gasteiger partial charge in [-0.2, -0.15) is 4.31 Å². The van der Waals surface area contributed by atoms with Crippen molar-refractivity contribution < 1.29 is 13.2 Å². The first-order chi connectivity index (χ1) is 10.8. The lowest BCUT2D eigenvalue weighted by atomic mass is 9.80. The van der Waals surface area contributed by atoms with Crippen molar-refractivity contribution in [3.63, 3.8) is 0 Å². The maximum atomic E-state index is 12.9. The van der Waals surface area contributed by atoms with Crippen LogP contribution in [-0.2, 0) is 16.4 Å². The van der Waals surface area contributed by atoms with Crippen LogP contribution in [0.4, 0.5) is 0 Å². The van der Waals surface area contributed by atoms with Gasteiger partial charge in [0.05, 0.1) is 4.90 Å². The molecule has 0 aliphatic carbocycles. The van der Waals surface area contributed by atoms with Crippen LogP contribution in [0.5, 0.6) is 5.75 Å². The van der Waals surface area contributed by atoms with Gasteiger partial charge in [0.2, 0.25) is 10.0 Å². The molecule has 2 saturated heterocycles. The van der Waals surface area contributed by atoms with Gasteiger partial charge in [0.1, 0.15) is 11.4 Å². The Bertz CT molecular complexity index is 728. The topological polar surface area (TPSA) is 58.6 Å². The summed E-state index contributed by atoms with van der Waals surface area (Å²) in [5.41, 5.74) is 0.949. The van der Waals surface area contributed by atoms with Crippen LogP contribution in [0.25, 0.3) is 0 Å². The average Bonchev–Trinajstić information content (AvgIpc) is 2.78. The summed E-state index contributed by atoms with van der Waals surface area (Å²) in [6.45, 7) is 6.32. The lowest BCUT2D eigenvalue weighted by molar-refractivity contribution is 0.121. The molecule has 3 aliphatic rings. The molecule has 1 N–H and O–H groups in total. The maximum Gasteiger partial charge on any atom is 0.243 e. The van der Waals surface area contributed by atoms with E-state index in [0.29, 0.717) is 18.0 Å². The van der Waals surface area contributed by atoms with Gasteiger partial charge in [-0.05, 0) is 63.4 Å². The highest BCUT2D eigenvalue weighted by molar-refractivity contribution is 7.89. The average molecular weight is 336 g/mol. The van der Waals surface area contributed by atoms with Crippen LogP contribution in [0, 0.1) is 0 Å². The van der Waals surface area contributed by atoms with Crippen molar-refractivity contribution in [2.75, 3.05) is 19.6 Å². The van der Waals surface area contributed by atoms with Crippen LogP contribution in [0.15, 0.2) is 23.1 Å². The second-order valence-electron chi connectivity index (χ2n) is 7.67. The fraction of sp³-hybridized carbons (Fsp3) is 0.647. The van der Waals surface area contributed by atoms with E-state index >= 15 is 0 Å². The predicted octanol–water partition coefficient (Wildman–Crippen LogP) is 1.92. The van der Waals surface area contributed by atoms with Crippen LogP contribution in [0.2, 0.25) is 0 Å². The van der Waals surface area contributed by atoms with E-state index in [0.717, 1.165) is 37.1 Å². The molecule has 5 nitrogen and oxygen atoms in total. The molecule has 3 heterocycles. The van der Waals surface area contributed by atoms with Crippen molar-refractivity contribution in [3.8, 4) is 5.75 Å². The third-order valence-corrected chi connectivity index (χ3v) is 7.35. The van der Waals surface area contributed by atoms with Crippen LogP contribution in [0.1, 0.15) is 38.7 Å². The van der Waals surface area contributed by atoms with Crippen molar-refractivity contribution in [1.82, 2.24) is 9.62 Å². The smallest absolute Gasteiger partial charge is 0.243 e. The minimum absolute atomic E-state index is 0.210. The number of benzene rings is 1. The van der Waals surface area contributed by atoms with Crippen molar-refractivity contribution in [2.45, 2.75) is 55.6 Å². The molecular weight excluding hydrogens is 312 g/mol. The highest BCUT2D eigenvalue weighted by Crippen LogP contribution is 2.37. The van der Waals surface area contributed by atoms with Gasteiger partial charge in [0.25, 0.3) is 0 Å². The summed E-state index contributed by atoms with van der Waals surface area (Å²) in [4.78, 5) is 0.398. The van der Waals surface area contributed by atoms with Gasteiger partial charge in [-0.1, -0.05) is 0 Å². The molecule has 2 fully saturated rings. The third kappa shape index (κ3) is 2.57. The largest absolute Gasteiger partial charge is 0.487 e. The van der Waals surface area contributed by atoms with E-state index in [1.165, 1.54) is 6.42 Å². The van der Waals surface area contributed by atoms with E-state index in [1.54, 1.807) is 22.5 Å². The number of nitrogens with zero attached hydrogens (tertiary/aromatic N) is 1. The molecule has 0 unspecified atom stereocenters. The van der Waals surface area contributed by atoms with Crippen LogP contribution < -0.4 is 10.1 Å². The van der Waals surface area contributed by atoms with Gasteiger partial charge < -0.3 is 10.1 Å². The first-order valence-electron chi connectivity index (χ1n) is 8.37. The van der Waals surface area contributed by atoms with Gasteiger partial charge >= 0.3 is 0 Å². The Kier molecular flexibility index (Phi) is 3.31. The molecule has 23 heavy (non-hydrogen) atoms. The van der Waals surface area contributed by atoms with Crippen molar-refractivity contribution >= 4 is 10.0 Å². The molecule has 126 valence electrons. The number of hydrogen-bond acceptors (Lipinski definition) is 4. The van der Waals surface area contributed by atoms with Crippen molar-refractivity contribution in [1.29, 1.82) is 0 Å². The number of sulfonamides is 1. The molecule has 6 heteroatoms. The normalized spacial score (nSPS) is 25.7. The zero-order valence-electron chi connectivity index (χ0n) is 13.8. The minimum atomic E-state index is -3.41. The molecule has 1 spiro atoms. The molecule has 0 bridgehead atoms. The van der Waals surface area contributed by atoms with Crippen molar-refractivity contribution in [2.24, 2.45) is 0 Å². The SMILES string of the molecule is CC1(C)Cc2cc(S(=O)(=O)N3CCC4(CCN4)CC3)ccc2O1. The second kappa shape index (κ2) is 4.94. The number of piperidine rings is 1. The Hall–Kier alpha value is -1.11. The molecule has 0 atom stereocenters. The molecule has 0 saturated carbocycles. The van der Waals surface area contributed by atoms with E-state index < -0.39 is 10.0 Å². The fourth-order valence-electron chi connectivity index (χ4n) is 3.96. The lowest BCUT2D eigenvalue weighted by Gasteiger charge is -2.48. The van der Waals surface area contributed by atoms with E-state index in [2.05, 4.69) is 5.32 Å². The van der Waals surface area contributed by atoms with E-state index in [1.807, 2.05) is 13.8 Å². The quantitative estimate of drug-likeness (QED) is 0.896. The first-order valence-corrected chi connectivity index (χ1v) is 9.81. The zero-order chi connectivity index (χ0) is 16.3. The lowest BCUT2D eigenvalue weighted by Crippen LogP contribution is -2.62. The van der Waals surface area contributed by atoms with Gasteiger partial charge in [-0.15, -0.1) is 0 Å². The van der Waals surface area contributed by atoms with Crippen LogP contribution >= 0.6 is 0 Å². The molecule has 4 rings (SSSR count). The number of hydrogen-bond donors (Lipinski definition) is 1. The summed E-state index contributed by atoms with van der Waals surface area (Å²) in [6, 6.07) is 5.28. The van der Waals surface area contributed by atoms with E-state index in [-0.39, 0.29) is 11.1 Å². The predicted molar refractivity (Wildman–Crippen MR) is 88.2 cm³/mol. The Morgan fingerprint density at radius 2 is 1.87 bits per heavy atom. The molecule has 0 radical (unpaired) electrons. The summed E-state index contributed by atoms with van der Waals surface area (Å²) >= 11 is 0. The Morgan fingerprint density at radius 3 is 2.48 bits per heavy atom. The zero-order valence-corrected chi connectivity index (χ0v) is 14.6. The number of ether oxygens (including phenoxy) is 1.